The average Bonchev–Trinajstić information content (AvgIpc) is 2.65. The Balaban J connectivity index is 2.09. The molecule has 0 bridgehead atoms. The summed E-state index contributed by atoms with van der Waals surface area (Å²) < 4.78 is 0. The van der Waals surface area contributed by atoms with Crippen LogP contribution in [-0.2, 0) is 22.7 Å². The van der Waals surface area contributed by atoms with Crippen molar-refractivity contribution in [3.63, 3.8) is 0 Å². The third kappa shape index (κ3) is 5.33. The Morgan fingerprint density at radius 2 is 1.62 bits per heavy atom. The van der Waals surface area contributed by atoms with Gasteiger partial charge in [0.2, 0.25) is 11.8 Å². The van der Waals surface area contributed by atoms with Gasteiger partial charge in [0.05, 0.1) is 0 Å². The highest BCUT2D eigenvalue weighted by Crippen LogP contribution is 2.16. The summed E-state index contributed by atoms with van der Waals surface area (Å²) in [5.74, 6) is -0.429. The fourth-order valence-corrected chi connectivity index (χ4v) is 2.83. The van der Waals surface area contributed by atoms with Gasteiger partial charge in [-0.25, -0.2) is 0 Å². The summed E-state index contributed by atoms with van der Waals surface area (Å²) in [6.07, 6.45) is 0. The Bertz CT molecular complexity index is 747. The van der Waals surface area contributed by atoms with Crippen LogP contribution in [0.4, 0.5) is 0 Å². The van der Waals surface area contributed by atoms with E-state index in [0.29, 0.717) is 18.1 Å². The summed E-state index contributed by atoms with van der Waals surface area (Å²) in [6, 6.07) is 16.5. The fraction of sp³-hybridized carbons (Fsp3) is 0.333. The Hall–Kier alpha value is -2.33. The van der Waals surface area contributed by atoms with E-state index in [1.54, 1.807) is 17.9 Å². The number of carbonyl (C=O) groups excluding carboxylic acids is 2. The molecule has 0 heterocycles. The molecule has 2 amide bonds. The molecule has 2 aromatic carbocycles. The van der Waals surface area contributed by atoms with Gasteiger partial charge in [0.1, 0.15) is 6.04 Å². The van der Waals surface area contributed by atoms with Crippen molar-refractivity contribution in [1.82, 2.24) is 10.2 Å². The number of nitrogens with one attached hydrogen (secondary N) is 1. The number of halogens is 1. The van der Waals surface area contributed by atoms with Gasteiger partial charge < -0.3 is 10.2 Å². The summed E-state index contributed by atoms with van der Waals surface area (Å²) in [5, 5.41) is 3.49. The van der Waals surface area contributed by atoms with E-state index in [1.165, 1.54) is 0 Å². The van der Waals surface area contributed by atoms with E-state index in [-0.39, 0.29) is 17.7 Å². The predicted molar refractivity (Wildman–Crippen MR) is 105 cm³/mol. The van der Waals surface area contributed by atoms with E-state index < -0.39 is 6.04 Å². The van der Waals surface area contributed by atoms with Gasteiger partial charge in [0.25, 0.3) is 0 Å². The molecule has 2 rings (SSSR count). The van der Waals surface area contributed by atoms with Crippen molar-refractivity contribution in [2.75, 3.05) is 0 Å². The van der Waals surface area contributed by atoms with Crippen LogP contribution in [0.5, 0.6) is 0 Å². The van der Waals surface area contributed by atoms with Gasteiger partial charge in [-0.05, 0) is 24.1 Å². The summed E-state index contributed by atoms with van der Waals surface area (Å²) in [7, 11) is 0. The van der Waals surface area contributed by atoms with Crippen LogP contribution < -0.4 is 5.32 Å². The van der Waals surface area contributed by atoms with Crippen molar-refractivity contribution < 1.29 is 9.59 Å². The zero-order valence-corrected chi connectivity index (χ0v) is 16.2. The van der Waals surface area contributed by atoms with Crippen LogP contribution in [0.3, 0.4) is 0 Å². The molecule has 0 saturated heterocycles. The largest absolute Gasteiger partial charge is 0.350 e. The fourth-order valence-electron chi connectivity index (χ4n) is 2.63. The second kappa shape index (κ2) is 9.39. The molecule has 0 aromatic heterocycles. The van der Waals surface area contributed by atoms with Crippen molar-refractivity contribution >= 4 is 23.4 Å². The Labute approximate surface area is 160 Å². The third-order valence-corrected chi connectivity index (χ3v) is 4.60. The van der Waals surface area contributed by atoms with E-state index in [2.05, 4.69) is 5.32 Å². The lowest BCUT2D eigenvalue weighted by Crippen LogP contribution is -2.48. The van der Waals surface area contributed by atoms with E-state index in [4.69, 9.17) is 11.6 Å². The monoisotopic (exact) mass is 372 g/mol. The minimum atomic E-state index is -0.576. The lowest BCUT2D eigenvalue weighted by atomic mass is 10.1. The molecule has 0 fully saturated rings. The van der Waals surface area contributed by atoms with E-state index in [9.17, 15) is 9.59 Å². The minimum absolute atomic E-state index is 0.0470. The zero-order valence-electron chi connectivity index (χ0n) is 15.4. The smallest absolute Gasteiger partial charge is 0.242 e. The normalized spacial score (nSPS) is 11.9. The molecule has 0 saturated carbocycles. The van der Waals surface area contributed by atoms with Crippen molar-refractivity contribution in [3.05, 3.63) is 70.7 Å². The molecular weight excluding hydrogens is 348 g/mol. The van der Waals surface area contributed by atoms with Gasteiger partial charge in [-0.1, -0.05) is 74.0 Å². The molecule has 0 unspecified atom stereocenters. The van der Waals surface area contributed by atoms with Crippen LogP contribution in [0.25, 0.3) is 0 Å². The maximum absolute atomic E-state index is 12.6. The van der Waals surface area contributed by atoms with Gasteiger partial charge in [-0.2, -0.15) is 0 Å². The molecule has 0 aliphatic heterocycles. The highest BCUT2D eigenvalue weighted by atomic mass is 35.5. The number of nitrogens with zero attached hydrogens (tertiary/aromatic N) is 1. The summed E-state index contributed by atoms with van der Waals surface area (Å²) in [6.45, 7) is 6.17. The molecule has 2 aromatic rings. The van der Waals surface area contributed by atoms with Crippen LogP contribution in [-0.4, -0.2) is 22.8 Å². The average molecular weight is 373 g/mol. The molecule has 5 heteroatoms. The molecule has 0 aliphatic rings. The first-order chi connectivity index (χ1) is 12.4. The molecule has 1 atom stereocenters. The van der Waals surface area contributed by atoms with Gasteiger partial charge in [0, 0.05) is 24.0 Å². The topological polar surface area (TPSA) is 49.4 Å². The van der Waals surface area contributed by atoms with E-state index in [0.717, 1.165) is 11.1 Å². The molecule has 138 valence electrons. The number of hydrogen-bond donors (Lipinski definition) is 1. The first-order valence-electron chi connectivity index (χ1n) is 8.75. The number of rotatable bonds is 7. The second-order valence-corrected chi connectivity index (χ2v) is 7.00. The Morgan fingerprint density at radius 3 is 2.23 bits per heavy atom. The van der Waals surface area contributed by atoms with Crippen LogP contribution in [0, 0.1) is 5.92 Å². The molecular formula is C21H25ClN2O2. The van der Waals surface area contributed by atoms with Crippen molar-refractivity contribution in [1.29, 1.82) is 0 Å². The molecule has 0 aliphatic carbocycles. The molecule has 0 spiro atoms. The standard InChI is InChI=1S/C21H25ClN2O2/c1-15(2)21(26)24(14-17-9-5-4-6-10-17)16(3)20(25)23-13-18-11-7-8-12-19(18)22/h4-12,15-16H,13-14H2,1-3H3,(H,23,25)/t16-/m0/s1. The predicted octanol–water partition coefficient (Wildman–Crippen LogP) is 4.03. The maximum Gasteiger partial charge on any atom is 0.242 e. The minimum Gasteiger partial charge on any atom is -0.350 e. The van der Waals surface area contributed by atoms with Gasteiger partial charge in [0.15, 0.2) is 0 Å². The van der Waals surface area contributed by atoms with Gasteiger partial charge >= 0.3 is 0 Å². The third-order valence-electron chi connectivity index (χ3n) is 4.23. The summed E-state index contributed by atoms with van der Waals surface area (Å²) in [4.78, 5) is 26.9. The Morgan fingerprint density at radius 1 is 1.00 bits per heavy atom. The maximum atomic E-state index is 12.6. The summed E-state index contributed by atoms with van der Waals surface area (Å²) >= 11 is 6.13. The highest BCUT2D eigenvalue weighted by molar-refractivity contribution is 6.31. The molecule has 0 radical (unpaired) electrons. The number of hydrogen-bond acceptors (Lipinski definition) is 2. The number of amides is 2. The Kier molecular flexibility index (Phi) is 7.22. The SMILES string of the molecule is CC(C)C(=O)N(Cc1ccccc1)[C@@H](C)C(=O)NCc1ccccc1Cl. The first kappa shape index (κ1) is 20.0. The molecule has 1 N–H and O–H groups in total. The van der Waals surface area contributed by atoms with Crippen LogP contribution in [0.15, 0.2) is 54.6 Å². The van der Waals surface area contributed by atoms with Crippen LogP contribution in [0.1, 0.15) is 31.9 Å². The van der Waals surface area contributed by atoms with Crippen LogP contribution >= 0.6 is 11.6 Å². The van der Waals surface area contributed by atoms with Crippen molar-refractivity contribution in [3.8, 4) is 0 Å². The number of benzene rings is 2. The van der Waals surface area contributed by atoms with Crippen molar-refractivity contribution in [2.45, 2.75) is 39.9 Å². The van der Waals surface area contributed by atoms with Gasteiger partial charge in [-0.3, -0.25) is 9.59 Å². The van der Waals surface area contributed by atoms with Crippen LogP contribution in [0.2, 0.25) is 5.02 Å². The van der Waals surface area contributed by atoms with Crippen molar-refractivity contribution in [2.24, 2.45) is 5.92 Å². The molecule has 26 heavy (non-hydrogen) atoms. The van der Waals surface area contributed by atoms with E-state index in [1.807, 2.05) is 62.4 Å². The lowest BCUT2D eigenvalue weighted by Gasteiger charge is -2.30. The second-order valence-electron chi connectivity index (χ2n) is 6.59. The summed E-state index contributed by atoms with van der Waals surface area (Å²) in [5.41, 5.74) is 1.84. The zero-order chi connectivity index (χ0) is 19.1. The first-order valence-corrected chi connectivity index (χ1v) is 9.13. The molecule has 4 nitrogen and oxygen atoms in total. The quantitative estimate of drug-likeness (QED) is 0.797. The highest BCUT2D eigenvalue weighted by Gasteiger charge is 2.27. The lowest BCUT2D eigenvalue weighted by molar-refractivity contribution is -0.143. The van der Waals surface area contributed by atoms with E-state index >= 15 is 0 Å². The van der Waals surface area contributed by atoms with Gasteiger partial charge in [-0.15, -0.1) is 0 Å². The number of carbonyl (C=O) groups is 2.